The molecule has 0 spiro atoms. The van der Waals surface area contributed by atoms with Gasteiger partial charge in [0.05, 0.1) is 37.1 Å². The number of aliphatic hydroxyl groups is 3. The van der Waals surface area contributed by atoms with Crippen molar-refractivity contribution in [1.29, 1.82) is 0 Å². The minimum Gasteiger partial charge on any atom is -0.465 e. The SMILES string of the molecule is CCCC(O)CC(=O)OCC(C)(CO)COC(=O)CC(O)CCC. The summed E-state index contributed by atoms with van der Waals surface area (Å²) in [5.74, 6) is -1.11. The van der Waals surface area contributed by atoms with Crippen LogP contribution in [0.2, 0.25) is 0 Å². The van der Waals surface area contributed by atoms with Crippen LogP contribution in [0.4, 0.5) is 0 Å². The van der Waals surface area contributed by atoms with Crippen LogP contribution in [-0.2, 0) is 19.1 Å². The molecule has 0 aliphatic carbocycles. The van der Waals surface area contributed by atoms with Gasteiger partial charge >= 0.3 is 11.9 Å². The molecule has 7 heteroatoms. The first-order chi connectivity index (χ1) is 11.3. The first-order valence-electron chi connectivity index (χ1n) is 8.54. The maximum Gasteiger partial charge on any atom is 0.308 e. The molecule has 0 aromatic rings. The highest BCUT2D eigenvalue weighted by Gasteiger charge is 2.28. The Balaban J connectivity index is 4.23. The fourth-order valence-electron chi connectivity index (χ4n) is 2.02. The van der Waals surface area contributed by atoms with Crippen molar-refractivity contribution in [2.75, 3.05) is 19.8 Å². The Morgan fingerprint density at radius 2 is 1.29 bits per heavy atom. The Hall–Kier alpha value is -1.18. The molecular formula is C17H32O7. The van der Waals surface area contributed by atoms with Gasteiger partial charge in [-0.25, -0.2) is 0 Å². The van der Waals surface area contributed by atoms with Crippen molar-refractivity contribution in [2.45, 2.75) is 71.5 Å². The van der Waals surface area contributed by atoms with Crippen molar-refractivity contribution in [1.82, 2.24) is 0 Å². The molecule has 0 rings (SSSR count). The molecule has 7 nitrogen and oxygen atoms in total. The Labute approximate surface area is 144 Å². The molecule has 0 aromatic carbocycles. The van der Waals surface area contributed by atoms with Crippen molar-refractivity contribution in [3.63, 3.8) is 0 Å². The summed E-state index contributed by atoms with van der Waals surface area (Å²) >= 11 is 0. The average Bonchev–Trinajstić information content (AvgIpc) is 2.51. The van der Waals surface area contributed by atoms with Gasteiger partial charge in [-0.05, 0) is 12.8 Å². The predicted octanol–water partition coefficient (Wildman–Crippen LogP) is 1.17. The Kier molecular flexibility index (Phi) is 11.6. The van der Waals surface area contributed by atoms with Crippen LogP contribution in [0.15, 0.2) is 0 Å². The van der Waals surface area contributed by atoms with Crippen LogP contribution in [0.3, 0.4) is 0 Å². The fourth-order valence-corrected chi connectivity index (χ4v) is 2.02. The van der Waals surface area contributed by atoms with Crippen molar-refractivity contribution in [3.8, 4) is 0 Å². The lowest BCUT2D eigenvalue weighted by molar-refractivity contribution is -0.157. The number of esters is 2. The van der Waals surface area contributed by atoms with Gasteiger partial charge < -0.3 is 24.8 Å². The Morgan fingerprint density at radius 3 is 1.58 bits per heavy atom. The molecule has 0 heterocycles. The fraction of sp³-hybridized carbons (Fsp3) is 0.882. The van der Waals surface area contributed by atoms with Crippen LogP contribution in [0, 0.1) is 5.41 Å². The number of carbonyl (C=O) groups is 2. The van der Waals surface area contributed by atoms with Gasteiger partial charge in [0.15, 0.2) is 0 Å². The van der Waals surface area contributed by atoms with Crippen molar-refractivity contribution in [3.05, 3.63) is 0 Å². The van der Waals surface area contributed by atoms with Gasteiger partial charge in [0.2, 0.25) is 0 Å². The van der Waals surface area contributed by atoms with E-state index in [0.29, 0.717) is 12.8 Å². The lowest BCUT2D eigenvalue weighted by atomic mass is 9.94. The summed E-state index contributed by atoms with van der Waals surface area (Å²) in [6.07, 6.45) is 0.900. The summed E-state index contributed by atoms with van der Waals surface area (Å²) in [5.41, 5.74) is -0.920. The van der Waals surface area contributed by atoms with Gasteiger partial charge in [0, 0.05) is 0 Å². The number of rotatable bonds is 13. The zero-order chi connectivity index (χ0) is 18.6. The van der Waals surface area contributed by atoms with Gasteiger partial charge in [-0.15, -0.1) is 0 Å². The molecule has 24 heavy (non-hydrogen) atoms. The number of aliphatic hydroxyl groups excluding tert-OH is 3. The number of hydrogen-bond acceptors (Lipinski definition) is 7. The third-order valence-electron chi connectivity index (χ3n) is 3.59. The van der Waals surface area contributed by atoms with Gasteiger partial charge in [0.25, 0.3) is 0 Å². The van der Waals surface area contributed by atoms with Crippen molar-refractivity contribution in [2.24, 2.45) is 5.41 Å². The predicted molar refractivity (Wildman–Crippen MR) is 88.2 cm³/mol. The molecule has 0 bridgehead atoms. The lowest BCUT2D eigenvalue weighted by Crippen LogP contribution is -2.35. The molecule has 0 aromatic heterocycles. The average molecular weight is 348 g/mol. The summed E-state index contributed by atoms with van der Waals surface area (Å²) in [6, 6.07) is 0. The summed E-state index contributed by atoms with van der Waals surface area (Å²) in [4.78, 5) is 23.3. The van der Waals surface area contributed by atoms with Gasteiger partial charge in [-0.1, -0.05) is 33.6 Å². The molecule has 0 radical (unpaired) electrons. The molecule has 0 aliphatic heterocycles. The summed E-state index contributed by atoms with van der Waals surface area (Å²) in [6.45, 7) is 4.87. The highest BCUT2D eigenvalue weighted by Crippen LogP contribution is 2.18. The molecule has 0 saturated carbocycles. The van der Waals surface area contributed by atoms with E-state index in [4.69, 9.17) is 9.47 Å². The van der Waals surface area contributed by atoms with E-state index in [-0.39, 0.29) is 32.7 Å². The summed E-state index contributed by atoms with van der Waals surface area (Å²) in [7, 11) is 0. The van der Waals surface area contributed by atoms with Gasteiger partial charge in [-0.3, -0.25) is 9.59 Å². The minimum absolute atomic E-state index is 0.0989. The van der Waals surface area contributed by atoms with E-state index in [0.717, 1.165) is 12.8 Å². The molecule has 2 unspecified atom stereocenters. The maximum atomic E-state index is 11.6. The Bertz CT molecular complexity index is 340. The van der Waals surface area contributed by atoms with E-state index < -0.39 is 29.6 Å². The summed E-state index contributed by atoms with van der Waals surface area (Å²) in [5, 5.41) is 28.6. The molecule has 0 amide bonds. The minimum atomic E-state index is -0.920. The third kappa shape index (κ3) is 10.6. The second kappa shape index (κ2) is 12.2. The first-order valence-corrected chi connectivity index (χ1v) is 8.54. The van der Waals surface area contributed by atoms with Crippen molar-refractivity contribution < 1.29 is 34.4 Å². The molecule has 142 valence electrons. The molecule has 0 saturated heterocycles. The highest BCUT2D eigenvalue weighted by atomic mass is 16.5. The monoisotopic (exact) mass is 348 g/mol. The van der Waals surface area contributed by atoms with E-state index in [1.807, 2.05) is 13.8 Å². The van der Waals surface area contributed by atoms with Crippen LogP contribution >= 0.6 is 0 Å². The number of hydrogen-bond donors (Lipinski definition) is 3. The molecule has 3 N–H and O–H groups in total. The lowest BCUT2D eigenvalue weighted by Gasteiger charge is -2.26. The Morgan fingerprint density at radius 1 is 0.917 bits per heavy atom. The summed E-state index contributed by atoms with van der Waals surface area (Å²) < 4.78 is 10.1. The topological polar surface area (TPSA) is 113 Å². The first kappa shape index (κ1) is 22.8. The number of carbonyl (C=O) groups excluding carboxylic acids is 2. The van der Waals surface area contributed by atoms with E-state index >= 15 is 0 Å². The quantitative estimate of drug-likeness (QED) is 0.428. The smallest absolute Gasteiger partial charge is 0.308 e. The van der Waals surface area contributed by atoms with E-state index in [2.05, 4.69) is 0 Å². The van der Waals surface area contributed by atoms with E-state index in [1.165, 1.54) is 0 Å². The molecule has 0 aliphatic rings. The zero-order valence-corrected chi connectivity index (χ0v) is 15.0. The second-order valence-electron chi connectivity index (χ2n) is 6.58. The van der Waals surface area contributed by atoms with Gasteiger partial charge in [0.1, 0.15) is 13.2 Å². The second-order valence-corrected chi connectivity index (χ2v) is 6.58. The molecule has 0 fully saturated rings. The van der Waals surface area contributed by atoms with Crippen LogP contribution in [0.5, 0.6) is 0 Å². The molecule has 2 atom stereocenters. The van der Waals surface area contributed by atoms with E-state index in [9.17, 15) is 24.9 Å². The van der Waals surface area contributed by atoms with Crippen LogP contribution in [0.25, 0.3) is 0 Å². The third-order valence-corrected chi connectivity index (χ3v) is 3.59. The van der Waals surface area contributed by atoms with Crippen LogP contribution < -0.4 is 0 Å². The standard InChI is InChI=1S/C17H32O7/c1-4-6-13(19)8-15(21)23-11-17(3,10-18)12-24-16(22)9-14(20)7-5-2/h13-14,18-20H,4-12H2,1-3H3. The largest absolute Gasteiger partial charge is 0.465 e. The van der Waals surface area contributed by atoms with Gasteiger partial charge in [-0.2, -0.15) is 0 Å². The molecular weight excluding hydrogens is 316 g/mol. The van der Waals surface area contributed by atoms with Crippen LogP contribution in [0.1, 0.15) is 59.3 Å². The zero-order valence-electron chi connectivity index (χ0n) is 15.0. The normalized spacial score (nSPS) is 16.1. The van der Waals surface area contributed by atoms with Crippen LogP contribution in [-0.4, -0.2) is 59.3 Å². The van der Waals surface area contributed by atoms with E-state index in [1.54, 1.807) is 6.92 Å². The highest BCUT2D eigenvalue weighted by molar-refractivity contribution is 5.70. The van der Waals surface area contributed by atoms with Crippen molar-refractivity contribution >= 4 is 11.9 Å². The number of ether oxygens (including phenoxy) is 2. The maximum absolute atomic E-state index is 11.6.